The van der Waals surface area contributed by atoms with Gasteiger partial charge in [-0.05, 0) is 27.2 Å². The molecule has 82 valence electrons. The molecule has 1 atom stereocenters. The van der Waals surface area contributed by atoms with Gasteiger partial charge in [0.15, 0.2) is 0 Å². The quantitative estimate of drug-likeness (QED) is 0.699. The number of rotatable bonds is 3. The highest BCUT2D eigenvalue weighted by molar-refractivity contribution is 5.83. The Morgan fingerprint density at radius 2 is 1.86 bits per heavy atom. The predicted octanol–water partition coefficient (Wildman–Crippen LogP) is 1.24. The van der Waals surface area contributed by atoms with Crippen molar-refractivity contribution in [2.75, 3.05) is 0 Å². The summed E-state index contributed by atoms with van der Waals surface area (Å²) in [4.78, 5) is 22.3. The number of amides is 1. The number of ether oxygens (including phenoxy) is 1. The highest BCUT2D eigenvalue weighted by Crippen LogP contribution is 2.09. The fraction of sp³-hybridized carbons (Fsp3) is 0.800. The largest absolute Gasteiger partial charge is 0.458 e. The van der Waals surface area contributed by atoms with Gasteiger partial charge in [-0.25, -0.2) is 4.79 Å². The summed E-state index contributed by atoms with van der Waals surface area (Å²) in [7, 11) is 0. The molecule has 0 spiro atoms. The number of nitrogens with one attached hydrogen (secondary N) is 1. The summed E-state index contributed by atoms with van der Waals surface area (Å²) in [6.07, 6.45) is 0.536. The minimum absolute atomic E-state index is 0.220. The summed E-state index contributed by atoms with van der Waals surface area (Å²) < 4.78 is 5.14. The van der Waals surface area contributed by atoms with Gasteiger partial charge in [-0.3, -0.25) is 4.79 Å². The second-order valence-corrected chi connectivity index (χ2v) is 4.19. The molecule has 0 saturated heterocycles. The normalized spacial score (nSPS) is 13.2. The molecule has 0 rings (SSSR count). The second kappa shape index (κ2) is 4.98. The van der Waals surface area contributed by atoms with E-state index < -0.39 is 11.6 Å². The summed E-state index contributed by atoms with van der Waals surface area (Å²) in [6.45, 7) is 8.60. The van der Waals surface area contributed by atoms with Crippen LogP contribution in [0.4, 0.5) is 0 Å². The Balaban J connectivity index is 4.25. The molecule has 1 amide bonds. The van der Waals surface area contributed by atoms with Crippen LogP contribution in [0.3, 0.4) is 0 Å². The number of esters is 1. The lowest BCUT2D eigenvalue weighted by Gasteiger charge is -2.23. The van der Waals surface area contributed by atoms with Crippen LogP contribution < -0.4 is 5.32 Å². The van der Waals surface area contributed by atoms with E-state index in [1.54, 1.807) is 20.8 Å². The Morgan fingerprint density at radius 3 is 2.14 bits per heavy atom. The molecule has 0 aromatic rings. The van der Waals surface area contributed by atoms with Crippen LogP contribution in [0.25, 0.3) is 0 Å². The monoisotopic (exact) mass is 201 g/mol. The van der Waals surface area contributed by atoms with Crippen LogP contribution in [0.15, 0.2) is 0 Å². The van der Waals surface area contributed by atoms with E-state index in [1.165, 1.54) is 6.92 Å². The third-order valence-corrected chi connectivity index (χ3v) is 1.48. The van der Waals surface area contributed by atoms with Crippen molar-refractivity contribution in [2.45, 2.75) is 52.7 Å². The van der Waals surface area contributed by atoms with Crippen LogP contribution in [0.1, 0.15) is 41.0 Å². The first kappa shape index (κ1) is 12.9. The van der Waals surface area contributed by atoms with Crippen molar-refractivity contribution in [1.82, 2.24) is 5.32 Å². The smallest absolute Gasteiger partial charge is 0.329 e. The predicted molar refractivity (Wildman–Crippen MR) is 53.7 cm³/mol. The standard InChI is InChI=1S/C10H19NO3/c1-6-8(11-7(2)12)9(13)14-10(3,4)5/h8H,6H2,1-5H3,(H,11,12)/t8-/m0/s1. The molecule has 0 bridgehead atoms. The van der Waals surface area contributed by atoms with Gasteiger partial charge in [0, 0.05) is 6.92 Å². The van der Waals surface area contributed by atoms with E-state index in [9.17, 15) is 9.59 Å². The Labute approximate surface area is 85.0 Å². The average molecular weight is 201 g/mol. The van der Waals surface area contributed by atoms with E-state index >= 15 is 0 Å². The van der Waals surface area contributed by atoms with Crippen LogP contribution in [-0.2, 0) is 14.3 Å². The van der Waals surface area contributed by atoms with Gasteiger partial charge in [0.05, 0.1) is 0 Å². The average Bonchev–Trinajstić information content (AvgIpc) is 1.96. The van der Waals surface area contributed by atoms with Crippen LogP contribution in [0, 0.1) is 0 Å². The first-order valence-electron chi connectivity index (χ1n) is 4.76. The maximum Gasteiger partial charge on any atom is 0.329 e. The summed E-state index contributed by atoms with van der Waals surface area (Å²) in [6, 6.07) is -0.535. The maximum atomic E-state index is 11.5. The zero-order valence-electron chi connectivity index (χ0n) is 9.51. The van der Waals surface area contributed by atoms with Crippen LogP contribution in [-0.4, -0.2) is 23.5 Å². The van der Waals surface area contributed by atoms with Crippen molar-refractivity contribution >= 4 is 11.9 Å². The first-order chi connectivity index (χ1) is 6.26. The van der Waals surface area contributed by atoms with Gasteiger partial charge < -0.3 is 10.1 Å². The molecule has 0 aliphatic heterocycles. The molecule has 0 aromatic carbocycles. The van der Waals surface area contributed by atoms with E-state index in [0.717, 1.165) is 0 Å². The van der Waals surface area contributed by atoms with Gasteiger partial charge in [0.25, 0.3) is 0 Å². The fourth-order valence-electron chi connectivity index (χ4n) is 0.946. The summed E-state index contributed by atoms with van der Waals surface area (Å²) in [5, 5.41) is 2.54. The van der Waals surface area contributed by atoms with Gasteiger partial charge >= 0.3 is 5.97 Å². The van der Waals surface area contributed by atoms with Crippen molar-refractivity contribution in [3.05, 3.63) is 0 Å². The lowest BCUT2D eigenvalue weighted by Crippen LogP contribution is -2.42. The fourth-order valence-corrected chi connectivity index (χ4v) is 0.946. The Bertz CT molecular complexity index is 218. The highest BCUT2D eigenvalue weighted by Gasteiger charge is 2.24. The van der Waals surface area contributed by atoms with Crippen LogP contribution >= 0.6 is 0 Å². The Hall–Kier alpha value is -1.06. The molecule has 0 heterocycles. The van der Waals surface area contributed by atoms with Gasteiger partial charge in [0.2, 0.25) is 5.91 Å². The first-order valence-corrected chi connectivity index (χ1v) is 4.76. The molecule has 0 aliphatic carbocycles. The molecule has 0 radical (unpaired) electrons. The van der Waals surface area contributed by atoms with E-state index in [0.29, 0.717) is 6.42 Å². The number of carbonyl (C=O) groups is 2. The number of hydrogen-bond donors (Lipinski definition) is 1. The number of hydrogen-bond acceptors (Lipinski definition) is 3. The zero-order valence-corrected chi connectivity index (χ0v) is 9.51. The molecule has 0 aromatic heterocycles. The molecule has 0 saturated carbocycles. The Kier molecular flexibility index (Phi) is 4.60. The SMILES string of the molecule is CC[C@H](NC(C)=O)C(=O)OC(C)(C)C. The maximum absolute atomic E-state index is 11.5. The molecule has 0 fully saturated rings. The molecule has 0 unspecified atom stereocenters. The van der Waals surface area contributed by atoms with Gasteiger partial charge in [-0.2, -0.15) is 0 Å². The second-order valence-electron chi connectivity index (χ2n) is 4.19. The lowest BCUT2D eigenvalue weighted by molar-refractivity contribution is -0.158. The van der Waals surface area contributed by atoms with E-state index in [-0.39, 0.29) is 11.9 Å². The van der Waals surface area contributed by atoms with E-state index in [2.05, 4.69) is 5.32 Å². The van der Waals surface area contributed by atoms with Crippen molar-refractivity contribution < 1.29 is 14.3 Å². The van der Waals surface area contributed by atoms with Gasteiger partial charge in [-0.15, -0.1) is 0 Å². The molecule has 4 nitrogen and oxygen atoms in total. The summed E-state index contributed by atoms with van der Waals surface area (Å²) >= 11 is 0. The van der Waals surface area contributed by atoms with Crippen LogP contribution in [0.5, 0.6) is 0 Å². The van der Waals surface area contributed by atoms with Crippen molar-refractivity contribution in [3.63, 3.8) is 0 Å². The molecular formula is C10H19NO3. The minimum Gasteiger partial charge on any atom is -0.458 e. The minimum atomic E-state index is -0.535. The third-order valence-electron chi connectivity index (χ3n) is 1.48. The zero-order chi connectivity index (χ0) is 11.4. The molecule has 14 heavy (non-hydrogen) atoms. The number of carbonyl (C=O) groups excluding carboxylic acids is 2. The Morgan fingerprint density at radius 1 is 1.36 bits per heavy atom. The van der Waals surface area contributed by atoms with Crippen molar-refractivity contribution in [3.8, 4) is 0 Å². The topological polar surface area (TPSA) is 55.4 Å². The molecule has 1 N–H and O–H groups in total. The molecular weight excluding hydrogens is 182 g/mol. The van der Waals surface area contributed by atoms with Gasteiger partial charge in [0.1, 0.15) is 11.6 Å². The van der Waals surface area contributed by atoms with Crippen molar-refractivity contribution in [1.29, 1.82) is 0 Å². The summed E-state index contributed by atoms with van der Waals surface area (Å²) in [5.41, 5.74) is -0.511. The third kappa shape index (κ3) is 5.56. The summed E-state index contributed by atoms with van der Waals surface area (Å²) in [5.74, 6) is -0.599. The molecule has 0 aliphatic rings. The van der Waals surface area contributed by atoms with E-state index in [1.807, 2.05) is 6.92 Å². The van der Waals surface area contributed by atoms with Crippen LogP contribution in [0.2, 0.25) is 0 Å². The highest BCUT2D eigenvalue weighted by atomic mass is 16.6. The lowest BCUT2D eigenvalue weighted by atomic mass is 10.1. The van der Waals surface area contributed by atoms with E-state index in [4.69, 9.17) is 4.74 Å². The molecule has 4 heteroatoms. The van der Waals surface area contributed by atoms with Crippen molar-refractivity contribution in [2.24, 2.45) is 0 Å². The van der Waals surface area contributed by atoms with Gasteiger partial charge in [-0.1, -0.05) is 6.92 Å².